The van der Waals surface area contributed by atoms with Crippen molar-refractivity contribution < 1.29 is 8.83 Å². The van der Waals surface area contributed by atoms with Crippen LogP contribution in [0.15, 0.2) is 45.6 Å². The van der Waals surface area contributed by atoms with Gasteiger partial charge in [0.2, 0.25) is 0 Å². The molecule has 0 unspecified atom stereocenters. The van der Waals surface area contributed by atoms with Gasteiger partial charge in [-0.3, -0.25) is 0 Å². The molecule has 0 saturated carbocycles. The molecular weight excluding hydrogens is 159 g/mol. The third-order valence-electron chi connectivity index (χ3n) is 1.29. The van der Waals surface area contributed by atoms with E-state index in [0.29, 0.717) is 8.58 Å². The first-order valence-corrected chi connectivity index (χ1v) is 4.29. The molecule has 11 heavy (non-hydrogen) atoms. The van der Waals surface area contributed by atoms with Crippen LogP contribution in [0.5, 0.6) is 0 Å². The molecule has 0 bridgehead atoms. The average molecular weight is 166 g/mol. The van der Waals surface area contributed by atoms with Gasteiger partial charge in [-0.2, -0.15) is 0 Å². The molecule has 0 aromatic carbocycles. The Hall–Kier alpha value is -1.01. The molecule has 0 aliphatic carbocycles. The van der Waals surface area contributed by atoms with E-state index in [9.17, 15) is 0 Å². The molecule has 2 rings (SSSR count). The number of furan rings is 2. The number of hydrogen-bond acceptors (Lipinski definition) is 2. The smallest absolute Gasteiger partial charge is 0.130 e. The summed E-state index contributed by atoms with van der Waals surface area (Å²) in [4.78, 5) is 0. The molecule has 0 radical (unpaired) electrons. The van der Waals surface area contributed by atoms with Gasteiger partial charge in [0.05, 0.1) is 12.5 Å². The third-order valence-corrected chi connectivity index (χ3v) is 2.35. The van der Waals surface area contributed by atoms with Gasteiger partial charge in [0, 0.05) is 8.58 Å². The quantitative estimate of drug-likeness (QED) is 0.632. The highest BCUT2D eigenvalue weighted by molar-refractivity contribution is 7.54. The zero-order valence-corrected chi connectivity index (χ0v) is 6.78. The first-order valence-electron chi connectivity index (χ1n) is 3.29. The molecule has 0 atom stereocenters. The van der Waals surface area contributed by atoms with Crippen molar-refractivity contribution in [3.8, 4) is 0 Å². The molecular formula is C8H7O2P. The Kier molecular flexibility index (Phi) is 1.78. The summed E-state index contributed by atoms with van der Waals surface area (Å²) >= 11 is 0. The summed E-state index contributed by atoms with van der Waals surface area (Å²) < 4.78 is 10.3. The Labute approximate surface area is 66.0 Å². The van der Waals surface area contributed by atoms with Crippen LogP contribution in [-0.2, 0) is 0 Å². The first kappa shape index (κ1) is 6.68. The van der Waals surface area contributed by atoms with Crippen LogP contribution in [0.2, 0.25) is 0 Å². The van der Waals surface area contributed by atoms with Crippen molar-refractivity contribution in [1.82, 2.24) is 0 Å². The van der Waals surface area contributed by atoms with Gasteiger partial charge in [-0.05, 0) is 24.3 Å². The van der Waals surface area contributed by atoms with Crippen molar-refractivity contribution in [1.29, 1.82) is 0 Å². The second-order valence-electron chi connectivity index (χ2n) is 2.08. The van der Waals surface area contributed by atoms with E-state index in [1.54, 1.807) is 12.5 Å². The van der Waals surface area contributed by atoms with Gasteiger partial charge in [0.1, 0.15) is 11.0 Å². The maximum atomic E-state index is 5.16. The average Bonchev–Trinajstić information content (AvgIpc) is 2.60. The summed E-state index contributed by atoms with van der Waals surface area (Å²) in [7, 11) is 0.492. The highest BCUT2D eigenvalue weighted by Gasteiger charge is 1.99. The predicted molar refractivity (Wildman–Crippen MR) is 45.0 cm³/mol. The van der Waals surface area contributed by atoms with Crippen LogP contribution < -0.4 is 11.0 Å². The van der Waals surface area contributed by atoms with Gasteiger partial charge in [-0.1, -0.05) is 0 Å². The fourth-order valence-corrected chi connectivity index (χ4v) is 1.68. The predicted octanol–water partition coefficient (Wildman–Crippen LogP) is 1.50. The van der Waals surface area contributed by atoms with Crippen LogP contribution in [0.25, 0.3) is 0 Å². The van der Waals surface area contributed by atoms with Crippen LogP contribution in [0.3, 0.4) is 0 Å². The SMILES string of the molecule is c1coc(Pc2ccco2)c1. The van der Waals surface area contributed by atoms with Crippen molar-refractivity contribution in [2.45, 2.75) is 0 Å². The molecule has 0 N–H and O–H groups in total. The maximum absolute atomic E-state index is 5.16. The van der Waals surface area contributed by atoms with E-state index >= 15 is 0 Å². The van der Waals surface area contributed by atoms with Gasteiger partial charge in [0.15, 0.2) is 0 Å². The van der Waals surface area contributed by atoms with Crippen molar-refractivity contribution in [3.05, 3.63) is 36.8 Å². The topological polar surface area (TPSA) is 26.3 Å². The summed E-state index contributed by atoms with van der Waals surface area (Å²) in [6.45, 7) is 0. The molecule has 0 fully saturated rings. The Morgan fingerprint density at radius 1 is 0.909 bits per heavy atom. The molecule has 3 heteroatoms. The van der Waals surface area contributed by atoms with E-state index in [-0.39, 0.29) is 0 Å². The molecule has 56 valence electrons. The molecule has 0 aliphatic rings. The van der Waals surface area contributed by atoms with Crippen LogP contribution in [0, 0.1) is 0 Å². The molecule has 0 spiro atoms. The monoisotopic (exact) mass is 166 g/mol. The van der Waals surface area contributed by atoms with E-state index in [1.165, 1.54) is 0 Å². The standard InChI is InChI=1S/C8H7O2P/c1-3-7(9-5-1)11-8-4-2-6-10-8/h1-6,11H. The van der Waals surface area contributed by atoms with Crippen LogP contribution in [0.1, 0.15) is 0 Å². The summed E-state index contributed by atoms with van der Waals surface area (Å²) in [6, 6.07) is 7.65. The Bertz CT molecular complexity index is 264. The Morgan fingerprint density at radius 2 is 1.45 bits per heavy atom. The lowest BCUT2D eigenvalue weighted by molar-refractivity contribution is 0.595. The van der Waals surface area contributed by atoms with Crippen molar-refractivity contribution in [3.63, 3.8) is 0 Å². The summed E-state index contributed by atoms with van der Waals surface area (Å²) in [6.07, 6.45) is 3.34. The van der Waals surface area contributed by atoms with Gasteiger partial charge in [-0.15, -0.1) is 0 Å². The fourth-order valence-electron chi connectivity index (χ4n) is 0.821. The van der Waals surface area contributed by atoms with Gasteiger partial charge < -0.3 is 8.83 Å². The minimum absolute atomic E-state index is 0.492. The van der Waals surface area contributed by atoms with E-state index in [1.807, 2.05) is 24.3 Å². The first-order chi connectivity index (χ1) is 5.45. The maximum Gasteiger partial charge on any atom is 0.130 e. The number of hydrogen-bond donors (Lipinski definition) is 0. The second kappa shape index (κ2) is 2.93. The lowest BCUT2D eigenvalue weighted by atomic mass is 10.7. The number of rotatable bonds is 2. The van der Waals surface area contributed by atoms with E-state index in [4.69, 9.17) is 8.83 Å². The molecule has 2 heterocycles. The lowest BCUT2D eigenvalue weighted by Gasteiger charge is -1.89. The van der Waals surface area contributed by atoms with Crippen LogP contribution >= 0.6 is 8.58 Å². The zero-order valence-electron chi connectivity index (χ0n) is 5.78. The minimum Gasteiger partial charge on any atom is -0.465 e. The fraction of sp³-hybridized carbons (Fsp3) is 0. The van der Waals surface area contributed by atoms with Gasteiger partial charge in [0.25, 0.3) is 0 Å². The van der Waals surface area contributed by atoms with Crippen LogP contribution in [-0.4, -0.2) is 0 Å². The minimum atomic E-state index is 0.492. The molecule has 2 aromatic rings. The highest BCUT2D eigenvalue weighted by atomic mass is 31.1. The largest absolute Gasteiger partial charge is 0.465 e. The molecule has 2 nitrogen and oxygen atoms in total. The summed E-state index contributed by atoms with van der Waals surface area (Å²) in [5, 5.41) is 0. The Balaban J connectivity index is 2.14. The van der Waals surface area contributed by atoms with Crippen molar-refractivity contribution >= 4 is 19.6 Å². The summed E-state index contributed by atoms with van der Waals surface area (Å²) in [5.74, 6) is 0. The van der Waals surface area contributed by atoms with Crippen LogP contribution in [0.4, 0.5) is 0 Å². The van der Waals surface area contributed by atoms with Gasteiger partial charge >= 0.3 is 0 Å². The molecule has 2 aromatic heterocycles. The highest BCUT2D eigenvalue weighted by Crippen LogP contribution is 2.09. The van der Waals surface area contributed by atoms with E-state index in [2.05, 4.69) is 0 Å². The van der Waals surface area contributed by atoms with Crippen molar-refractivity contribution in [2.24, 2.45) is 0 Å². The zero-order chi connectivity index (χ0) is 7.52. The molecule has 0 amide bonds. The van der Waals surface area contributed by atoms with Crippen molar-refractivity contribution in [2.75, 3.05) is 0 Å². The second-order valence-corrected chi connectivity index (χ2v) is 3.32. The molecule has 0 saturated heterocycles. The lowest BCUT2D eigenvalue weighted by Crippen LogP contribution is -1.96. The van der Waals surface area contributed by atoms with E-state index in [0.717, 1.165) is 11.0 Å². The summed E-state index contributed by atoms with van der Waals surface area (Å²) in [5.41, 5.74) is 1.92. The third kappa shape index (κ3) is 1.52. The molecule has 0 aliphatic heterocycles. The van der Waals surface area contributed by atoms with Gasteiger partial charge in [-0.25, -0.2) is 0 Å². The Morgan fingerprint density at radius 3 is 1.82 bits per heavy atom. The normalized spacial score (nSPS) is 10.2. The van der Waals surface area contributed by atoms with E-state index < -0.39 is 0 Å².